The Labute approximate surface area is 107 Å². The Morgan fingerprint density at radius 1 is 1.28 bits per heavy atom. The maximum absolute atomic E-state index is 4.53. The largest absolute Gasteiger partial charge is 0.370 e. The van der Waals surface area contributed by atoms with Gasteiger partial charge in [-0.15, -0.1) is 0 Å². The number of aromatic nitrogens is 3. The van der Waals surface area contributed by atoms with E-state index in [0.717, 1.165) is 30.9 Å². The third kappa shape index (κ3) is 1.98. The van der Waals surface area contributed by atoms with Crippen LogP contribution in [0.15, 0.2) is 24.7 Å². The summed E-state index contributed by atoms with van der Waals surface area (Å²) in [6.45, 7) is 2.96. The number of anilines is 1. The fourth-order valence-corrected chi connectivity index (χ4v) is 2.54. The van der Waals surface area contributed by atoms with Gasteiger partial charge in [-0.2, -0.15) is 0 Å². The second-order valence-corrected chi connectivity index (χ2v) is 4.64. The lowest BCUT2D eigenvalue weighted by atomic mass is 10.0. The van der Waals surface area contributed by atoms with E-state index in [0.29, 0.717) is 0 Å². The molecule has 0 aromatic carbocycles. The highest BCUT2D eigenvalue weighted by molar-refractivity contribution is 5.46. The summed E-state index contributed by atoms with van der Waals surface area (Å²) < 4.78 is 2.21. The summed E-state index contributed by atoms with van der Waals surface area (Å²) >= 11 is 0. The first kappa shape index (κ1) is 11.3. The van der Waals surface area contributed by atoms with Crippen molar-refractivity contribution in [1.29, 1.82) is 0 Å². The van der Waals surface area contributed by atoms with Gasteiger partial charge in [0, 0.05) is 24.5 Å². The molecule has 0 bridgehead atoms. The third-order valence-electron chi connectivity index (χ3n) is 3.41. The second kappa shape index (κ2) is 4.80. The molecular formula is C14H18N4. The van der Waals surface area contributed by atoms with Crippen molar-refractivity contribution in [2.24, 2.45) is 0 Å². The monoisotopic (exact) mass is 242 g/mol. The number of aryl methyl sites for hydroxylation is 1. The Morgan fingerprint density at radius 2 is 2.17 bits per heavy atom. The summed E-state index contributed by atoms with van der Waals surface area (Å²) in [7, 11) is 0. The summed E-state index contributed by atoms with van der Waals surface area (Å²) in [5, 5.41) is 3.25. The normalized spacial score (nSPS) is 14.3. The lowest BCUT2D eigenvalue weighted by molar-refractivity contribution is 0.656. The van der Waals surface area contributed by atoms with Crippen molar-refractivity contribution in [3.63, 3.8) is 0 Å². The molecule has 2 heterocycles. The van der Waals surface area contributed by atoms with Gasteiger partial charge in [-0.1, -0.05) is 0 Å². The highest BCUT2D eigenvalue weighted by Crippen LogP contribution is 2.23. The molecule has 3 rings (SSSR count). The predicted molar refractivity (Wildman–Crippen MR) is 72.2 cm³/mol. The minimum atomic E-state index is 0.887. The predicted octanol–water partition coefficient (Wildman–Crippen LogP) is 2.58. The molecule has 0 radical (unpaired) electrons. The SMILES string of the molecule is CCNc1cc(-n2cnc3c2CCCC3)ccn1. The zero-order valence-corrected chi connectivity index (χ0v) is 10.7. The first-order valence-corrected chi connectivity index (χ1v) is 6.64. The molecule has 1 aliphatic rings. The van der Waals surface area contributed by atoms with E-state index >= 15 is 0 Å². The topological polar surface area (TPSA) is 42.7 Å². The number of imidazole rings is 1. The van der Waals surface area contributed by atoms with Gasteiger partial charge < -0.3 is 9.88 Å². The van der Waals surface area contributed by atoms with Gasteiger partial charge in [-0.3, -0.25) is 0 Å². The van der Waals surface area contributed by atoms with E-state index < -0.39 is 0 Å². The van der Waals surface area contributed by atoms with Crippen molar-refractivity contribution in [3.8, 4) is 5.69 Å². The van der Waals surface area contributed by atoms with Crippen molar-refractivity contribution in [2.45, 2.75) is 32.6 Å². The van der Waals surface area contributed by atoms with Crippen LogP contribution >= 0.6 is 0 Å². The average molecular weight is 242 g/mol. The second-order valence-electron chi connectivity index (χ2n) is 4.64. The number of pyridine rings is 1. The van der Waals surface area contributed by atoms with E-state index in [1.54, 1.807) is 0 Å². The van der Waals surface area contributed by atoms with Gasteiger partial charge in [-0.25, -0.2) is 9.97 Å². The maximum atomic E-state index is 4.53. The molecule has 94 valence electrons. The molecule has 0 fully saturated rings. The van der Waals surface area contributed by atoms with Crippen LogP contribution in [0.5, 0.6) is 0 Å². The molecule has 0 aliphatic heterocycles. The van der Waals surface area contributed by atoms with Crippen molar-refractivity contribution in [1.82, 2.24) is 14.5 Å². The number of nitrogens with zero attached hydrogens (tertiary/aromatic N) is 3. The molecule has 0 saturated heterocycles. The summed E-state index contributed by atoms with van der Waals surface area (Å²) in [6.07, 6.45) is 8.58. The van der Waals surface area contributed by atoms with Crippen LogP contribution in [0.3, 0.4) is 0 Å². The first-order chi connectivity index (χ1) is 8.88. The van der Waals surface area contributed by atoms with Gasteiger partial charge in [0.25, 0.3) is 0 Å². The quantitative estimate of drug-likeness (QED) is 0.899. The Hall–Kier alpha value is -1.84. The van der Waals surface area contributed by atoms with E-state index in [4.69, 9.17) is 0 Å². The summed E-state index contributed by atoms with van der Waals surface area (Å²) in [6, 6.07) is 4.12. The number of hydrogen-bond acceptors (Lipinski definition) is 3. The highest BCUT2D eigenvalue weighted by Gasteiger charge is 2.16. The zero-order chi connectivity index (χ0) is 12.4. The van der Waals surface area contributed by atoms with Crippen LogP contribution in [0.1, 0.15) is 31.2 Å². The van der Waals surface area contributed by atoms with Crippen molar-refractivity contribution in [3.05, 3.63) is 36.0 Å². The molecule has 4 nitrogen and oxygen atoms in total. The molecule has 0 atom stereocenters. The molecule has 1 aliphatic carbocycles. The van der Waals surface area contributed by atoms with Crippen molar-refractivity contribution >= 4 is 5.82 Å². The minimum Gasteiger partial charge on any atom is -0.370 e. The molecule has 2 aromatic heterocycles. The molecular weight excluding hydrogens is 224 g/mol. The van der Waals surface area contributed by atoms with Crippen LogP contribution in [0.4, 0.5) is 5.82 Å². The fourth-order valence-electron chi connectivity index (χ4n) is 2.54. The van der Waals surface area contributed by atoms with Gasteiger partial charge in [0.2, 0.25) is 0 Å². The van der Waals surface area contributed by atoms with Gasteiger partial charge in [0.05, 0.1) is 17.7 Å². The smallest absolute Gasteiger partial charge is 0.127 e. The molecule has 1 N–H and O–H groups in total. The van der Waals surface area contributed by atoms with Crippen LogP contribution < -0.4 is 5.32 Å². The maximum Gasteiger partial charge on any atom is 0.127 e. The summed E-state index contributed by atoms with van der Waals surface area (Å²) in [5.41, 5.74) is 3.79. The minimum absolute atomic E-state index is 0.887. The first-order valence-electron chi connectivity index (χ1n) is 6.64. The molecule has 4 heteroatoms. The molecule has 0 amide bonds. The molecule has 2 aromatic rings. The van der Waals surface area contributed by atoms with Crippen LogP contribution in [0.2, 0.25) is 0 Å². The number of rotatable bonds is 3. The Kier molecular flexibility index (Phi) is 3.00. The molecule has 0 unspecified atom stereocenters. The van der Waals surface area contributed by atoms with E-state index in [-0.39, 0.29) is 0 Å². The number of nitrogens with one attached hydrogen (secondary N) is 1. The lowest BCUT2D eigenvalue weighted by Crippen LogP contribution is -2.07. The molecule has 0 saturated carbocycles. The van der Waals surface area contributed by atoms with Crippen molar-refractivity contribution < 1.29 is 0 Å². The van der Waals surface area contributed by atoms with Crippen molar-refractivity contribution in [2.75, 3.05) is 11.9 Å². The standard InChI is InChI=1S/C14H18N4/c1-2-15-14-9-11(7-8-16-14)18-10-17-12-5-3-4-6-13(12)18/h7-10H,2-6H2,1H3,(H,15,16). The Balaban J connectivity index is 1.99. The molecule has 0 spiro atoms. The number of fused-ring (bicyclic) bond motifs is 1. The fraction of sp³-hybridized carbons (Fsp3) is 0.429. The average Bonchev–Trinajstić information content (AvgIpc) is 2.83. The van der Waals surface area contributed by atoms with Crippen LogP contribution in [-0.2, 0) is 12.8 Å². The van der Waals surface area contributed by atoms with Gasteiger partial charge in [-0.05, 0) is 38.7 Å². The number of hydrogen-bond donors (Lipinski definition) is 1. The van der Waals surface area contributed by atoms with Gasteiger partial charge >= 0.3 is 0 Å². The van der Waals surface area contributed by atoms with Crippen LogP contribution in [0, 0.1) is 0 Å². The zero-order valence-electron chi connectivity index (χ0n) is 10.7. The van der Waals surface area contributed by atoms with Crippen LogP contribution in [-0.4, -0.2) is 21.1 Å². The van der Waals surface area contributed by atoms with E-state index in [2.05, 4.69) is 32.8 Å². The van der Waals surface area contributed by atoms with E-state index in [9.17, 15) is 0 Å². The summed E-state index contributed by atoms with van der Waals surface area (Å²) in [4.78, 5) is 8.84. The van der Waals surface area contributed by atoms with Crippen LogP contribution in [0.25, 0.3) is 5.69 Å². The Morgan fingerprint density at radius 3 is 3.06 bits per heavy atom. The highest BCUT2D eigenvalue weighted by atomic mass is 15.1. The van der Waals surface area contributed by atoms with Gasteiger partial charge in [0.15, 0.2) is 0 Å². The Bertz CT molecular complexity index is 544. The molecule has 18 heavy (non-hydrogen) atoms. The van der Waals surface area contributed by atoms with Gasteiger partial charge in [0.1, 0.15) is 5.82 Å². The third-order valence-corrected chi connectivity index (χ3v) is 3.41. The van der Waals surface area contributed by atoms with E-state index in [1.165, 1.54) is 24.2 Å². The summed E-state index contributed by atoms with van der Waals surface area (Å²) in [5.74, 6) is 0.924. The van der Waals surface area contributed by atoms with E-state index in [1.807, 2.05) is 18.6 Å². The lowest BCUT2D eigenvalue weighted by Gasteiger charge is -2.14.